The number of thiophene rings is 1. The number of aliphatic carboxylic acids is 1. The van der Waals surface area contributed by atoms with Gasteiger partial charge in [-0.2, -0.15) is 0 Å². The number of hydrogen-bond donors (Lipinski definition) is 1. The molecule has 8 heteroatoms. The molecule has 0 bridgehead atoms. The molecule has 0 saturated heterocycles. The molecule has 0 spiro atoms. The molecule has 0 aliphatic carbocycles. The van der Waals surface area contributed by atoms with E-state index in [0.29, 0.717) is 17.0 Å². The maximum Gasteiger partial charge on any atom is 0.309 e. The zero-order valence-corrected chi connectivity index (χ0v) is 11.4. The fraction of sp³-hybridized carbons (Fsp3) is 0.0769. The molecule has 0 atom stereocenters. The van der Waals surface area contributed by atoms with Crippen molar-refractivity contribution in [1.82, 2.24) is 9.38 Å². The van der Waals surface area contributed by atoms with Gasteiger partial charge in [-0.25, -0.2) is 4.98 Å². The zero-order valence-electron chi connectivity index (χ0n) is 10.6. The van der Waals surface area contributed by atoms with Crippen LogP contribution in [0.1, 0.15) is 5.69 Å². The summed E-state index contributed by atoms with van der Waals surface area (Å²) in [6.45, 7) is 0. The normalized spacial score (nSPS) is 10.9. The minimum atomic E-state index is -1.01. The largest absolute Gasteiger partial charge is 0.481 e. The zero-order chi connectivity index (χ0) is 15.0. The number of aromatic nitrogens is 2. The summed E-state index contributed by atoms with van der Waals surface area (Å²) in [7, 11) is 0. The summed E-state index contributed by atoms with van der Waals surface area (Å²) in [5, 5.41) is 21.8. The van der Waals surface area contributed by atoms with E-state index in [2.05, 4.69) is 4.98 Å². The summed E-state index contributed by atoms with van der Waals surface area (Å²) < 4.78 is 1.47. The molecule has 0 saturated carbocycles. The lowest BCUT2D eigenvalue weighted by Crippen LogP contribution is -2.05. The Morgan fingerprint density at radius 3 is 2.86 bits per heavy atom. The van der Waals surface area contributed by atoms with Crippen LogP contribution in [0.4, 0.5) is 5.69 Å². The summed E-state index contributed by atoms with van der Waals surface area (Å²) in [5.74, 6) is -1.01. The van der Waals surface area contributed by atoms with Crippen LogP contribution in [0.5, 0.6) is 0 Å². The molecule has 3 heterocycles. The van der Waals surface area contributed by atoms with E-state index in [-0.39, 0.29) is 12.1 Å². The molecule has 3 rings (SSSR count). The van der Waals surface area contributed by atoms with Crippen molar-refractivity contribution in [1.29, 1.82) is 0 Å². The number of imidazole rings is 1. The monoisotopic (exact) mass is 303 g/mol. The van der Waals surface area contributed by atoms with Gasteiger partial charge in [0, 0.05) is 6.07 Å². The summed E-state index contributed by atoms with van der Waals surface area (Å²) in [6.07, 6.45) is 1.05. The second-order valence-corrected chi connectivity index (χ2v) is 5.28. The Morgan fingerprint density at radius 2 is 2.24 bits per heavy atom. The Balaban J connectivity index is 2.27. The highest BCUT2D eigenvalue weighted by atomic mass is 32.1. The molecule has 0 radical (unpaired) electrons. The molecule has 1 N–H and O–H groups in total. The Morgan fingerprint density at radius 1 is 1.43 bits per heavy atom. The highest BCUT2D eigenvalue weighted by Gasteiger charge is 2.19. The fourth-order valence-corrected chi connectivity index (χ4v) is 2.85. The quantitative estimate of drug-likeness (QED) is 0.590. The predicted molar refractivity (Wildman–Crippen MR) is 76.5 cm³/mol. The van der Waals surface area contributed by atoms with Gasteiger partial charge in [0.25, 0.3) is 5.69 Å². The van der Waals surface area contributed by atoms with Crippen molar-refractivity contribution in [2.45, 2.75) is 6.42 Å². The number of carbonyl (C=O) groups is 1. The van der Waals surface area contributed by atoms with Gasteiger partial charge >= 0.3 is 5.97 Å². The van der Waals surface area contributed by atoms with Crippen molar-refractivity contribution in [3.05, 3.63) is 51.7 Å². The van der Waals surface area contributed by atoms with Gasteiger partial charge < -0.3 is 5.11 Å². The third kappa shape index (κ3) is 2.36. The summed E-state index contributed by atoms with van der Waals surface area (Å²) in [5.41, 5.74) is 1.36. The Labute approximate surface area is 122 Å². The molecule has 0 amide bonds. The van der Waals surface area contributed by atoms with Crippen LogP contribution in [-0.2, 0) is 11.2 Å². The minimum Gasteiger partial charge on any atom is -0.481 e. The molecule has 106 valence electrons. The molecular formula is C13H9N3O4S. The Hall–Kier alpha value is -2.74. The van der Waals surface area contributed by atoms with Crippen LogP contribution in [0.3, 0.4) is 0 Å². The first kappa shape index (κ1) is 13.3. The maximum absolute atomic E-state index is 11.1. The van der Waals surface area contributed by atoms with Gasteiger partial charge in [-0.15, -0.1) is 11.3 Å². The highest BCUT2D eigenvalue weighted by molar-refractivity contribution is 7.13. The van der Waals surface area contributed by atoms with Crippen LogP contribution in [0, 0.1) is 10.1 Å². The van der Waals surface area contributed by atoms with Crippen molar-refractivity contribution in [3.63, 3.8) is 0 Å². The van der Waals surface area contributed by atoms with Crippen molar-refractivity contribution < 1.29 is 14.8 Å². The van der Waals surface area contributed by atoms with Gasteiger partial charge in [0.2, 0.25) is 0 Å². The smallest absolute Gasteiger partial charge is 0.309 e. The number of carboxylic acid groups (broad SMARTS) is 1. The third-order valence-corrected chi connectivity index (χ3v) is 3.86. The van der Waals surface area contributed by atoms with Gasteiger partial charge in [-0.05, 0) is 17.5 Å². The second-order valence-electron chi connectivity index (χ2n) is 4.33. The van der Waals surface area contributed by atoms with E-state index in [0.717, 1.165) is 4.88 Å². The van der Waals surface area contributed by atoms with Gasteiger partial charge in [0.05, 0.1) is 28.1 Å². The number of nitrogens with zero attached hydrogens (tertiary/aromatic N) is 3. The number of fused-ring (bicyclic) bond motifs is 1. The van der Waals surface area contributed by atoms with Crippen LogP contribution in [0.2, 0.25) is 0 Å². The van der Waals surface area contributed by atoms with E-state index < -0.39 is 10.9 Å². The van der Waals surface area contributed by atoms with E-state index >= 15 is 0 Å². The molecular weight excluding hydrogens is 294 g/mol. The lowest BCUT2D eigenvalue weighted by Gasteiger charge is -2.01. The van der Waals surface area contributed by atoms with Crippen LogP contribution in [0.15, 0.2) is 35.8 Å². The van der Waals surface area contributed by atoms with E-state index in [1.54, 1.807) is 0 Å². The molecule has 0 aliphatic rings. The molecule has 7 nitrogen and oxygen atoms in total. The third-order valence-electron chi connectivity index (χ3n) is 2.99. The van der Waals surface area contributed by atoms with E-state index in [1.165, 1.54) is 34.1 Å². The van der Waals surface area contributed by atoms with Crippen molar-refractivity contribution in [3.8, 4) is 10.6 Å². The van der Waals surface area contributed by atoms with Crippen LogP contribution in [0.25, 0.3) is 16.2 Å². The first-order chi connectivity index (χ1) is 10.1. The second kappa shape index (κ2) is 4.98. The molecule has 0 aliphatic heterocycles. The first-order valence-electron chi connectivity index (χ1n) is 5.97. The fourth-order valence-electron chi connectivity index (χ4n) is 2.11. The van der Waals surface area contributed by atoms with Gasteiger partial charge in [-0.1, -0.05) is 6.07 Å². The number of carboxylic acids is 1. The summed E-state index contributed by atoms with van der Waals surface area (Å²) >= 11 is 1.44. The van der Waals surface area contributed by atoms with Gasteiger partial charge in [0.15, 0.2) is 0 Å². The average molecular weight is 303 g/mol. The standard InChI is InChI=1S/C13H9N3O4S/c17-12(18)6-9-13(10-2-1-5-21-10)14-11-4-3-8(16(19)20)7-15(9)11/h1-5,7H,6H2,(H,17,18). The molecule has 21 heavy (non-hydrogen) atoms. The number of hydrogen-bond acceptors (Lipinski definition) is 5. The molecule has 0 fully saturated rings. The van der Waals surface area contributed by atoms with Crippen LogP contribution in [-0.4, -0.2) is 25.4 Å². The first-order valence-corrected chi connectivity index (χ1v) is 6.85. The average Bonchev–Trinajstić information content (AvgIpc) is 3.05. The van der Waals surface area contributed by atoms with E-state index in [9.17, 15) is 14.9 Å². The number of rotatable bonds is 4. The number of pyridine rings is 1. The lowest BCUT2D eigenvalue weighted by molar-refractivity contribution is -0.385. The Bertz CT molecular complexity index is 839. The van der Waals surface area contributed by atoms with Crippen molar-refractivity contribution in [2.75, 3.05) is 0 Å². The molecule has 0 aromatic carbocycles. The highest BCUT2D eigenvalue weighted by Crippen LogP contribution is 2.29. The Kier molecular flexibility index (Phi) is 3.15. The predicted octanol–water partition coefficient (Wildman–Crippen LogP) is 2.60. The van der Waals surface area contributed by atoms with Crippen molar-refractivity contribution in [2.24, 2.45) is 0 Å². The van der Waals surface area contributed by atoms with E-state index in [4.69, 9.17) is 5.11 Å². The van der Waals surface area contributed by atoms with Crippen molar-refractivity contribution >= 4 is 28.6 Å². The van der Waals surface area contributed by atoms with E-state index in [1.807, 2.05) is 17.5 Å². The SMILES string of the molecule is O=C(O)Cc1c(-c2cccs2)nc2ccc([N+](=O)[O-])cn12. The maximum atomic E-state index is 11.1. The van der Waals surface area contributed by atoms with Crippen LogP contribution < -0.4 is 0 Å². The number of nitro groups is 1. The summed E-state index contributed by atoms with van der Waals surface area (Å²) in [4.78, 5) is 26.7. The van der Waals surface area contributed by atoms with Gasteiger partial charge in [-0.3, -0.25) is 19.3 Å². The lowest BCUT2D eigenvalue weighted by atomic mass is 10.2. The minimum absolute atomic E-state index is 0.107. The van der Waals surface area contributed by atoms with Crippen LogP contribution >= 0.6 is 11.3 Å². The topological polar surface area (TPSA) is 97.7 Å². The van der Waals surface area contributed by atoms with Gasteiger partial charge in [0.1, 0.15) is 11.3 Å². The molecule has 3 aromatic heterocycles. The molecule has 3 aromatic rings. The summed E-state index contributed by atoms with van der Waals surface area (Å²) in [6, 6.07) is 6.55. The molecule has 0 unspecified atom stereocenters.